The van der Waals surface area contributed by atoms with E-state index in [1.54, 1.807) is 23.7 Å². The highest BCUT2D eigenvalue weighted by molar-refractivity contribution is 6.30. The van der Waals surface area contributed by atoms with Crippen molar-refractivity contribution in [2.75, 3.05) is 13.1 Å². The summed E-state index contributed by atoms with van der Waals surface area (Å²) in [6, 6.07) is 14.6. The van der Waals surface area contributed by atoms with Gasteiger partial charge in [-0.1, -0.05) is 35.9 Å². The van der Waals surface area contributed by atoms with Crippen LogP contribution in [0.3, 0.4) is 0 Å². The summed E-state index contributed by atoms with van der Waals surface area (Å²) in [5.74, 6) is -0.715. The topological polar surface area (TPSA) is 76.8 Å². The molecule has 1 N–H and O–H groups in total. The Kier molecular flexibility index (Phi) is 7.99. The molecule has 11 heteroatoms. The van der Waals surface area contributed by atoms with Crippen molar-refractivity contribution in [3.8, 4) is 11.5 Å². The molecular formula is C29H25ClF3N3O4. The van der Waals surface area contributed by atoms with Gasteiger partial charge in [0.15, 0.2) is 5.75 Å². The summed E-state index contributed by atoms with van der Waals surface area (Å²) in [6.07, 6.45) is 2.86. The number of hydrogen-bond acceptors (Lipinski definition) is 5. The van der Waals surface area contributed by atoms with Crippen molar-refractivity contribution < 1.29 is 32.5 Å². The Morgan fingerprint density at radius 3 is 2.70 bits per heavy atom. The number of nitrogens with zero attached hydrogens (tertiary/aromatic N) is 3. The number of fused-ring (bicyclic) bond motifs is 1. The van der Waals surface area contributed by atoms with Gasteiger partial charge < -0.3 is 19.1 Å². The molecule has 0 bridgehead atoms. The number of rotatable bonds is 9. The predicted molar refractivity (Wildman–Crippen MR) is 144 cm³/mol. The predicted octanol–water partition coefficient (Wildman–Crippen LogP) is 6.53. The Balaban J connectivity index is 1.28. The third-order valence-corrected chi connectivity index (χ3v) is 7.01. The van der Waals surface area contributed by atoms with Crippen molar-refractivity contribution in [3.05, 3.63) is 94.0 Å². The van der Waals surface area contributed by atoms with E-state index < -0.39 is 18.4 Å². The first kappa shape index (κ1) is 27.5. The number of hydrogen-bond donors (Lipinski definition) is 1. The lowest BCUT2D eigenvalue weighted by Crippen LogP contribution is -2.29. The molecule has 208 valence electrons. The Morgan fingerprint density at radius 1 is 1.18 bits per heavy atom. The first-order valence-electron chi connectivity index (χ1n) is 12.4. The molecule has 5 rings (SSSR count). The molecule has 40 heavy (non-hydrogen) atoms. The van der Waals surface area contributed by atoms with Gasteiger partial charge in [0.2, 0.25) is 0 Å². The lowest BCUT2D eigenvalue weighted by atomic mass is 9.99. The van der Waals surface area contributed by atoms with Gasteiger partial charge in [0.25, 0.3) is 0 Å². The quantitative estimate of drug-likeness (QED) is 0.246. The minimum Gasteiger partial charge on any atom is -0.489 e. The number of aryl methyl sites for hydroxylation is 1. The first-order valence-corrected chi connectivity index (χ1v) is 12.8. The van der Waals surface area contributed by atoms with Crippen LogP contribution in [0.1, 0.15) is 33.7 Å². The molecule has 1 aromatic heterocycles. The molecule has 0 aliphatic carbocycles. The zero-order valence-corrected chi connectivity index (χ0v) is 22.2. The summed E-state index contributed by atoms with van der Waals surface area (Å²) < 4.78 is 52.1. The summed E-state index contributed by atoms with van der Waals surface area (Å²) in [6.45, 7) is -1.25. The van der Waals surface area contributed by atoms with Gasteiger partial charge in [-0.15, -0.1) is 0 Å². The van der Waals surface area contributed by atoms with E-state index >= 15 is 0 Å². The van der Waals surface area contributed by atoms with Crippen LogP contribution >= 0.6 is 11.6 Å². The van der Waals surface area contributed by atoms with Gasteiger partial charge in [0.1, 0.15) is 29.5 Å². The Morgan fingerprint density at radius 2 is 2.00 bits per heavy atom. The fraction of sp³-hybridized carbons (Fsp3) is 0.241. The van der Waals surface area contributed by atoms with E-state index in [-0.39, 0.29) is 23.4 Å². The molecule has 1 aliphatic rings. The molecule has 0 saturated heterocycles. The normalized spacial score (nSPS) is 14.0. The van der Waals surface area contributed by atoms with Crippen molar-refractivity contribution >= 4 is 34.2 Å². The van der Waals surface area contributed by atoms with E-state index in [2.05, 4.69) is 20.7 Å². The number of ether oxygens (including phenoxy) is 2. The summed E-state index contributed by atoms with van der Waals surface area (Å²) in [5, 5.41) is 9.71. The van der Waals surface area contributed by atoms with E-state index in [9.17, 15) is 23.1 Å². The van der Waals surface area contributed by atoms with Crippen LogP contribution in [0, 0.1) is 5.82 Å². The Labute approximate surface area is 233 Å². The fourth-order valence-electron chi connectivity index (χ4n) is 4.66. The average molecular weight is 572 g/mol. The maximum Gasteiger partial charge on any atom is 0.387 e. The molecule has 0 fully saturated rings. The highest BCUT2D eigenvalue weighted by atomic mass is 35.5. The number of halogens is 4. The number of aromatic carboxylic acids is 1. The van der Waals surface area contributed by atoms with Crippen LogP contribution in [0.25, 0.3) is 16.6 Å². The highest BCUT2D eigenvalue weighted by Gasteiger charge is 2.21. The van der Waals surface area contributed by atoms with Gasteiger partial charge in [-0.25, -0.2) is 14.2 Å². The fourth-order valence-corrected chi connectivity index (χ4v) is 4.82. The van der Waals surface area contributed by atoms with Crippen LogP contribution in [0.5, 0.6) is 11.5 Å². The second-order valence-electron chi connectivity index (χ2n) is 9.38. The van der Waals surface area contributed by atoms with Crippen molar-refractivity contribution in [1.29, 1.82) is 0 Å². The third kappa shape index (κ3) is 6.08. The maximum absolute atomic E-state index is 14.1. The van der Waals surface area contributed by atoms with Gasteiger partial charge in [-0.2, -0.15) is 8.78 Å². The highest BCUT2D eigenvalue weighted by Crippen LogP contribution is 2.31. The van der Waals surface area contributed by atoms with Crippen LogP contribution in [0.15, 0.2) is 60.7 Å². The molecule has 0 amide bonds. The van der Waals surface area contributed by atoms with E-state index in [1.165, 1.54) is 12.1 Å². The van der Waals surface area contributed by atoms with Crippen molar-refractivity contribution in [3.63, 3.8) is 0 Å². The van der Waals surface area contributed by atoms with Crippen molar-refractivity contribution in [2.24, 2.45) is 7.05 Å². The minimum atomic E-state index is -3.11. The zero-order chi connectivity index (χ0) is 28.4. The van der Waals surface area contributed by atoms with Crippen molar-refractivity contribution in [1.82, 2.24) is 14.5 Å². The number of alkyl halides is 2. The van der Waals surface area contributed by atoms with E-state index in [0.717, 1.165) is 30.2 Å². The summed E-state index contributed by atoms with van der Waals surface area (Å²) in [5.41, 5.74) is 2.99. The number of imidazole rings is 1. The molecule has 1 aliphatic heterocycles. The number of carboxylic acids is 1. The number of aromatic nitrogens is 2. The SMILES string of the molecule is Cn1c(CN2CC=C(c3cccc(OCc4ccc(Cl)cc4F)c3)CC2)nc2c(OC(F)F)cc(C(=O)O)cc21. The lowest BCUT2D eigenvalue weighted by molar-refractivity contribution is -0.0489. The first-order chi connectivity index (χ1) is 19.2. The molecule has 0 atom stereocenters. The molecule has 4 aromatic rings. The smallest absolute Gasteiger partial charge is 0.387 e. The van der Waals surface area contributed by atoms with Gasteiger partial charge in [-0.05, 0) is 54.0 Å². The standard InChI is InChI=1S/C29H25ClF3N3O4/c1-35-24-12-20(28(37)38)13-25(40-29(32)33)27(24)34-26(35)15-36-9-7-17(8-10-36)18-3-2-4-22(11-18)39-16-19-5-6-21(30)14-23(19)31/h2-7,11-14,29H,8-10,15-16H2,1H3,(H,37,38). The Bertz CT molecular complexity index is 1610. The monoisotopic (exact) mass is 571 g/mol. The van der Waals surface area contributed by atoms with Crippen LogP contribution < -0.4 is 9.47 Å². The molecule has 0 unspecified atom stereocenters. The lowest BCUT2D eigenvalue weighted by Gasteiger charge is -2.26. The second-order valence-corrected chi connectivity index (χ2v) is 9.82. The zero-order valence-electron chi connectivity index (χ0n) is 21.4. The summed E-state index contributed by atoms with van der Waals surface area (Å²) >= 11 is 5.82. The molecule has 3 aromatic carbocycles. The summed E-state index contributed by atoms with van der Waals surface area (Å²) in [7, 11) is 1.72. The van der Waals surface area contributed by atoms with Crippen molar-refractivity contribution in [2.45, 2.75) is 26.2 Å². The largest absolute Gasteiger partial charge is 0.489 e. The Hall–Kier alpha value is -4.02. The molecule has 0 spiro atoms. The van der Waals surface area contributed by atoms with Gasteiger partial charge >= 0.3 is 12.6 Å². The van der Waals surface area contributed by atoms with E-state index in [0.29, 0.717) is 40.8 Å². The van der Waals surface area contributed by atoms with Crippen LogP contribution in [0.4, 0.5) is 13.2 Å². The molecule has 7 nitrogen and oxygen atoms in total. The summed E-state index contributed by atoms with van der Waals surface area (Å²) in [4.78, 5) is 18.2. The van der Waals surface area contributed by atoms with Gasteiger partial charge in [0.05, 0.1) is 17.6 Å². The molecular weight excluding hydrogens is 547 g/mol. The average Bonchev–Trinajstić information content (AvgIpc) is 3.23. The van der Waals surface area contributed by atoms with E-state index in [4.69, 9.17) is 16.3 Å². The minimum absolute atomic E-state index is 0.0787. The van der Waals surface area contributed by atoms with Gasteiger partial charge in [-0.3, -0.25) is 4.90 Å². The van der Waals surface area contributed by atoms with Crippen LogP contribution in [-0.2, 0) is 20.2 Å². The van der Waals surface area contributed by atoms with E-state index in [1.807, 2.05) is 24.3 Å². The number of carbonyl (C=O) groups is 1. The number of carboxylic acid groups (broad SMARTS) is 1. The number of benzene rings is 3. The molecule has 2 heterocycles. The molecule has 0 saturated carbocycles. The maximum atomic E-state index is 14.1. The van der Waals surface area contributed by atoms with Crippen LogP contribution in [0.2, 0.25) is 5.02 Å². The second kappa shape index (κ2) is 11.6. The third-order valence-electron chi connectivity index (χ3n) is 6.78. The van der Waals surface area contributed by atoms with Gasteiger partial charge in [0, 0.05) is 30.7 Å². The van der Waals surface area contributed by atoms with Crippen LogP contribution in [-0.4, -0.2) is 45.2 Å². The molecule has 0 radical (unpaired) electrons.